The van der Waals surface area contributed by atoms with Gasteiger partial charge in [0, 0.05) is 18.7 Å². The lowest BCUT2D eigenvalue weighted by Gasteiger charge is -2.17. The molecular formula is C16H28N2O. The predicted molar refractivity (Wildman–Crippen MR) is 78.9 cm³/mol. The molecule has 108 valence electrons. The van der Waals surface area contributed by atoms with E-state index >= 15 is 0 Å². The second-order valence-corrected chi connectivity index (χ2v) is 6.07. The summed E-state index contributed by atoms with van der Waals surface area (Å²) >= 11 is 0. The standard InChI is InChI=1S/C16H28N2O/c1-4-7-17-10-16-15(6-9-19-16)12-18-8-5-14(11-18)13(2)3/h6,9,13-14,17H,4-5,7-8,10-12H2,1-3H3. The van der Waals surface area contributed by atoms with Crippen LogP contribution in [0.3, 0.4) is 0 Å². The summed E-state index contributed by atoms with van der Waals surface area (Å²) in [6.45, 7) is 12.3. The number of nitrogens with one attached hydrogen (secondary N) is 1. The highest BCUT2D eigenvalue weighted by Gasteiger charge is 2.25. The van der Waals surface area contributed by atoms with Crippen LogP contribution in [0.15, 0.2) is 16.7 Å². The molecule has 2 rings (SSSR count). The largest absolute Gasteiger partial charge is 0.468 e. The lowest BCUT2D eigenvalue weighted by molar-refractivity contribution is 0.294. The summed E-state index contributed by atoms with van der Waals surface area (Å²) in [5.41, 5.74) is 1.35. The average Bonchev–Trinajstić information content (AvgIpc) is 3.00. The van der Waals surface area contributed by atoms with Gasteiger partial charge in [-0.2, -0.15) is 0 Å². The van der Waals surface area contributed by atoms with Gasteiger partial charge in [0.25, 0.3) is 0 Å². The minimum atomic E-state index is 0.806. The van der Waals surface area contributed by atoms with Crippen LogP contribution in [0.25, 0.3) is 0 Å². The summed E-state index contributed by atoms with van der Waals surface area (Å²) in [6.07, 6.45) is 4.34. The fourth-order valence-electron chi connectivity index (χ4n) is 2.83. The molecule has 0 radical (unpaired) electrons. The third kappa shape index (κ3) is 4.08. The van der Waals surface area contributed by atoms with Crippen LogP contribution in [-0.2, 0) is 13.1 Å². The predicted octanol–water partition coefficient (Wildman–Crippen LogP) is 3.26. The number of hydrogen-bond donors (Lipinski definition) is 1. The quantitative estimate of drug-likeness (QED) is 0.766. The van der Waals surface area contributed by atoms with Gasteiger partial charge >= 0.3 is 0 Å². The molecule has 1 atom stereocenters. The Morgan fingerprint density at radius 3 is 3.00 bits per heavy atom. The van der Waals surface area contributed by atoms with Crippen molar-refractivity contribution in [3.8, 4) is 0 Å². The van der Waals surface area contributed by atoms with Crippen molar-refractivity contribution in [1.82, 2.24) is 10.2 Å². The second-order valence-electron chi connectivity index (χ2n) is 6.07. The topological polar surface area (TPSA) is 28.4 Å². The van der Waals surface area contributed by atoms with Crippen molar-refractivity contribution in [2.75, 3.05) is 19.6 Å². The highest BCUT2D eigenvalue weighted by molar-refractivity contribution is 5.17. The fourth-order valence-corrected chi connectivity index (χ4v) is 2.83. The first-order valence-corrected chi connectivity index (χ1v) is 7.69. The van der Waals surface area contributed by atoms with E-state index in [0.29, 0.717) is 0 Å². The molecule has 19 heavy (non-hydrogen) atoms. The smallest absolute Gasteiger partial charge is 0.122 e. The summed E-state index contributed by atoms with van der Waals surface area (Å²) in [6, 6.07) is 2.13. The molecule has 1 unspecified atom stereocenters. The summed E-state index contributed by atoms with van der Waals surface area (Å²) < 4.78 is 5.61. The van der Waals surface area contributed by atoms with Crippen molar-refractivity contribution >= 4 is 0 Å². The number of nitrogens with zero attached hydrogens (tertiary/aromatic N) is 1. The highest BCUT2D eigenvalue weighted by atomic mass is 16.3. The van der Waals surface area contributed by atoms with Gasteiger partial charge < -0.3 is 9.73 Å². The normalized spacial score (nSPS) is 20.5. The molecule has 1 fully saturated rings. The molecule has 1 saturated heterocycles. The number of likely N-dealkylation sites (tertiary alicyclic amines) is 1. The minimum absolute atomic E-state index is 0.806. The summed E-state index contributed by atoms with van der Waals surface area (Å²) in [4.78, 5) is 2.57. The molecule has 0 bridgehead atoms. The number of rotatable bonds is 7. The van der Waals surface area contributed by atoms with Gasteiger partial charge in [0.1, 0.15) is 5.76 Å². The van der Waals surface area contributed by atoms with Gasteiger partial charge in [0.2, 0.25) is 0 Å². The molecule has 2 heterocycles. The summed E-state index contributed by atoms with van der Waals surface area (Å²) in [5, 5.41) is 3.42. The van der Waals surface area contributed by atoms with Crippen LogP contribution >= 0.6 is 0 Å². The van der Waals surface area contributed by atoms with Gasteiger partial charge in [-0.3, -0.25) is 4.90 Å². The Morgan fingerprint density at radius 2 is 2.32 bits per heavy atom. The van der Waals surface area contributed by atoms with Gasteiger partial charge in [0.15, 0.2) is 0 Å². The molecule has 0 aromatic carbocycles. The molecular weight excluding hydrogens is 236 g/mol. The third-order valence-electron chi connectivity index (χ3n) is 4.20. The zero-order chi connectivity index (χ0) is 13.7. The Kier molecular flexibility index (Phi) is 5.46. The fraction of sp³-hybridized carbons (Fsp3) is 0.750. The van der Waals surface area contributed by atoms with E-state index in [9.17, 15) is 0 Å². The molecule has 0 amide bonds. The van der Waals surface area contributed by atoms with E-state index in [4.69, 9.17) is 4.42 Å². The Morgan fingerprint density at radius 1 is 1.47 bits per heavy atom. The number of hydrogen-bond acceptors (Lipinski definition) is 3. The first-order valence-electron chi connectivity index (χ1n) is 7.69. The summed E-state index contributed by atoms with van der Waals surface area (Å²) in [5.74, 6) is 2.79. The van der Waals surface area contributed by atoms with Crippen LogP contribution in [0.1, 0.15) is 44.9 Å². The van der Waals surface area contributed by atoms with E-state index in [-0.39, 0.29) is 0 Å². The van der Waals surface area contributed by atoms with Crippen LogP contribution in [0, 0.1) is 11.8 Å². The maximum Gasteiger partial charge on any atom is 0.122 e. The molecule has 1 aromatic heterocycles. The lowest BCUT2D eigenvalue weighted by atomic mass is 9.95. The number of furan rings is 1. The van der Waals surface area contributed by atoms with Crippen molar-refractivity contribution < 1.29 is 4.42 Å². The van der Waals surface area contributed by atoms with Crippen molar-refractivity contribution in [1.29, 1.82) is 0 Å². The van der Waals surface area contributed by atoms with Gasteiger partial charge in [-0.1, -0.05) is 20.8 Å². The maximum absolute atomic E-state index is 5.61. The molecule has 0 saturated carbocycles. The molecule has 3 heteroatoms. The third-order valence-corrected chi connectivity index (χ3v) is 4.20. The van der Waals surface area contributed by atoms with Crippen LogP contribution in [0.2, 0.25) is 0 Å². The van der Waals surface area contributed by atoms with Crippen LogP contribution in [0.4, 0.5) is 0 Å². The molecule has 1 aliphatic heterocycles. The molecule has 3 nitrogen and oxygen atoms in total. The molecule has 0 aliphatic carbocycles. The molecule has 1 N–H and O–H groups in total. The van der Waals surface area contributed by atoms with Gasteiger partial charge in [-0.15, -0.1) is 0 Å². The Bertz CT molecular complexity index is 373. The Balaban J connectivity index is 1.84. The first-order chi connectivity index (χ1) is 9.20. The first kappa shape index (κ1) is 14.6. The Hall–Kier alpha value is -0.800. The van der Waals surface area contributed by atoms with Crippen molar-refractivity contribution in [3.05, 3.63) is 23.7 Å². The summed E-state index contributed by atoms with van der Waals surface area (Å²) in [7, 11) is 0. The lowest BCUT2D eigenvalue weighted by Crippen LogP contribution is -2.22. The van der Waals surface area contributed by atoms with E-state index in [2.05, 4.69) is 37.1 Å². The van der Waals surface area contributed by atoms with E-state index < -0.39 is 0 Å². The minimum Gasteiger partial charge on any atom is -0.468 e. The van der Waals surface area contributed by atoms with Crippen LogP contribution in [0.5, 0.6) is 0 Å². The van der Waals surface area contributed by atoms with Crippen molar-refractivity contribution in [2.24, 2.45) is 11.8 Å². The van der Waals surface area contributed by atoms with Gasteiger partial charge in [-0.05, 0) is 43.8 Å². The van der Waals surface area contributed by atoms with Crippen molar-refractivity contribution in [3.63, 3.8) is 0 Å². The van der Waals surface area contributed by atoms with E-state index in [1.54, 1.807) is 0 Å². The SMILES string of the molecule is CCCNCc1occc1CN1CCC(C(C)C)C1. The van der Waals surface area contributed by atoms with Crippen molar-refractivity contribution in [2.45, 2.75) is 46.7 Å². The van der Waals surface area contributed by atoms with Gasteiger partial charge in [-0.25, -0.2) is 0 Å². The molecule has 1 aromatic rings. The maximum atomic E-state index is 5.61. The average molecular weight is 264 g/mol. The van der Waals surface area contributed by atoms with E-state index in [1.165, 1.54) is 25.1 Å². The monoisotopic (exact) mass is 264 g/mol. The molecule has 0 spiro atoms. The van der Waals surface area contributed by atoms with Crippen LogP contribution < -0.4 is 5.32 Å². The van der Waals surface area contributed by atoms with E-state index in [0.717, 1.165) is 43.7 Å². The van der Waals surface area contributed by atoms with E-state index in [1.807, 2.05) is 6.26 Å². The zero-order valence-electron chi connectivity index (χ0n) is 12.6. The highest BCUT2D eigenvalue weighted by Crippen LogP contribution is 2.25. The van der Waals surface area contributed by atoms with Gasteiger partial charge in [0.05, 0.1) is 12.8 Å². The van der Waals surface area contributed by atoms with Crippen LogP contribution in [-0.4, -0.2) is 24.5 Å². The molecule has 1 aliphatic rings. The zero-order valence-corrected chi connectivity index (χ0v) is 12.6. The second kappa shape index (κ2) is 7.11. The Labute approximate surface area is 117 Å².